The van der Waals surface area contributed by atoms with Gasteiger partial charge in [0, 0.05) is 16.0 Å². The van der Waals surface area contributed by atoms with Crippen LogP contribution in [0.25, 0.3) is 23.0 Å². The number of hydrogen-bond donors (Lipinski definition) is 2. The smallest absolute Gasteiger partial charge is 0.412 e. The Morgan fingerprint density at radius 2 is 2.06 bits per heavy atom. The number of carboxylic acids is 1. The molecule has 3 aromatic heterocycles. The minimum Gasteiger partial charge on any atom is -0.480 e. The molecule has 164 valence electrons. The number of carboxylic acid groups (broad SMARTS) is 1. The predicted octanol–water partition coefficient (Wildman–Crippen LogP) is 5.02. The third-order valence-corrected chi connectivity index (χ3v) is 6.15. The van der Waals surface area contributed by atoms with Gasteiger partial charge in [-0.25, -0.2) is 4.79 Å². The summed E-state index contributed by atoms with van der Waals surface area (Å²) in [5.74, 6) is -0.839. The molecule has 1 fully saturated rings. The first-order chi connectivity index (χ1) is 15.4. The summed E-state index contributed by atoms with van der Waals surface area (Å²) >= 11 is 7.24. The largest absolute Gasteiger partial charge is 0.480 e. The molecule has 0 aliphatic heterocycles. The van der Waals surface area contributed by atoms with Crippen molar-refractivity contribution in [3.05, 3.63) is 46.1 Å². The monoisotopic (exact) mass is 474 g/mol. The molecule has 10 nitrogen and oxygen atoms in total. The van der Waals surface area contributed by atoms with E-state index in [2.05, 4.69) is 19.7 Å². The van der Waals surface area contributed by atoms with E-state index in [4.69, 9.17) is 25.2 Å². The summed E-state index contributed by atoms with van der Waals surface area (Å²) < 4.78 is 20.7. The summed E-state index contributed by atoms with van der Waals surface area (Å²) in [7, 11) is 0. The van der Waals surface area contributed by atoms with E-state index in [1.807, 2.05) is 0 Å². The van der Waals surface area contributed by atoms with Crippen LogP contribution < -0.4 is 5.32 Å². The molecule has 0 saturated heterocycles. The molecule has 1 aromatic carbocycles. The number of aromatic nitrogens is 3. The van der Waals surface area contributed by atoms with Crippen molar-refractivity contribution in [2.75, 3.05) is 5.32 Å². The summed E-state index contributed by atoms with van der Waals surface area (Å²) in [5.41, 5.74) is 0.319. The highest BCUT2D eigenvalue weighted by Gasteiger charge is 2.56. The molecule has 1 saturated carbocycles. The quantitative estimate of drug-likeness (QED) is 0.394. The molecule has 5 rings (SSSR count). The Balaban J connectivity index is 1.33. The Bertz CT molecular complexity index is 1310. The van der Waals surface area contributed by atoms with Crippen molar-refractivity contribution in [1.82, 2.24) is 14.3 Å². The molecule has 2 N–H and O–H groups in total. The number of aliphatic carboxylic acids is 1. The highest BCUT2D eigenvalue weighted by atomic mass is 35.5. The summed E-state index contributed by atoms with van der Waals surface area (Å²) in [4.78, 5) is 32.3. The van der Waals surface area contributed by atoms with Crippen molar-refractivity contribution in [2.45, 2.75) is 31.3 Å². The first-order valence-corrected chi connectivity index (χ1v) is 10.8. The Hall–Kier alpha value is -3.44. The summed E-state index contributed by atoms with van der Waals surface area (Å²) in [6.45, 7) is 1.71. The summed E-state index contributed by atoms with van der Waals surface area (Å²) in [6.07, 6.45) is -0.374. The van der Waals surface area contributed by atoms with Crippen LogP contribution in [0.4, 0.5) is 10.5 Å². The molecule has 0 radical (unpaired) electrons. The van der Waals surface area contributed by atoms with Crippen LogP contribution in [0.3, 0.4) is 0 Å². The Kier molecular flexibility index (Phi) is 4.86. The second-order valence-corrected chi connectivity index (χ2v) is 8.34. The molecule has 12 heteroatoms. The standard InChI is InChI=1S/C20H15ClN4O6S/c1-9(10-4-2-3-5-11(10)21)29-19(28)22-12-8-32-25-13(12)15-23-14-16(30-15)31-17(24-14)20(6-7-20)18(26)27/h2-5,8-9H,6-7H2,1H3,(H,22,28)(H,26,27). The van der Waals surface area contributed by atoms with Crippen LogP contribution in [0.15, 0.2) is 38.5 Å². The lowest BCUT2D eigenvalue weighted by Crippen LogP contribution is -2.19. The number of carbonyl (C=O) groups is 2. The van der Waals surface area contributed by atoms with Crippen LogP contribution in [-0.4, -0.2) is 31.5 Å². The zero-order valence-corrected chi connectivity index (χ0v) is 18.1. The fourth-order valence-corrected chi connectivity index (χ4v) is 4.14. The van der Waals surface area contributed by atoms with Gasteiger partial charge < -0.3 is 18.7 Å². The van der Waals surface area contributed by atoms with Crippen LogP contribution >= 0.6 is 23.1 Å². The van der Waals surface area contributed by atoms with Crippen LogP contribution in [0, 0.1) is 0 Å². The van der Waals surface area contributed by atoms with Crippen molar-refractivity contribution >= 4 is 52.3 Å². The molecule has 32 heavy (non-hydrogen) atoms. The van der Waals surface area contributed by atoms with E-state index in [0.717, 1.165) is 11.5 Å². The average molecular weight is 475 g/mol. The fourth-order valence-electron chi connectivity index (χ4n) is 3.24. The number of oxazole rings is 2. The van der Waals surface area contributed by atoms with E-state index < -0.39 is 23.6 Å². The Labute approximate surface area is 189 Å². The molecule has 1 aliphatic carbocycles. The molecular weight excluding hydrogens is 460 g/mol. The number of benzene rings is 1. The lowest BCUT2D eigenvalue weighted by Gasteiger charge is -2.15. The zero-order chi connectivity index (χ0) is 22.5. The highest BCUT2D eigenvalue weighted by molar-refractivity contribution is 7.04. The minimum absolute atomic E-state index is 0.00334. The van der Waals surface area contributed by atoms with Gasteiger partial charge in [-0.05, 0) is 37.4 Å². The number of nitrogens with one attached hydrogen (secondary N) is 1. The van der Waals surface area contributed by atoms with E-state index in [1.54, 1.807) is 36.6 Å². The first-order valence-electron chi connectivity index (χ1n) is 9.55. The fraction of sp³-hybridized carbons (Fsp3) is 0.250. The molecule has 3 heterocycles. The van der Waals surface area contributed by atoms with E-state index in [1.165, 1.54) is 0 Å². The van der Waals surface area contributed by atoms with Gasteiger partial charge in [0.15, 0.2) is 5.69 Å². The maximum atomic E-state index is 12.4. The third kappa shape index (κ3) is 3.49. The molecule has 1 unspecified atom stereocenters. The maximum absolute atomic E-state index is 12.4. The van der Waals surface area contributed by atoms with Crippen molar-refractivity contribution in [3.8, 4) is 11.6 Å². The third-order valence-electron chi connectivity index (χ3n) is 5.18. The Morgan fingerprint density at radius 1 is 1.28 bits per heavy atom. The van der Waals surface area contributed by atoms with Crippen LogP contribution in [-0.2, 0) is 14.9 Å². The van der Waals surface area contributed by atoms with Crippen molar-refractivity contribution < 1.29 is 28.3 Å². The van der Waals surface area contributed by atoms with E-state index >= 15 is 0 Å². The van der Waals surface area contributed by atoms with Crippen LogP contribution in [0.1, 0.15) is 37.3 Å². The molecule has 0 spiro atoms. The zero-order valence-electron chi connectivity index (χ0n) is 16.5. The number of fused-ring (bicyclic) bond motifs is 1. The molecule has 1 atom stereocenters. The molecule has 1 aliphatic rings. The van der Waals surface area contributed by atoms with Gasteiger partial charge in [0.25, 0.3) is 5.89 Å². The minimum atomic E-state index is -1.10. The number of anilines is 1. The maximum Gasteiger partial charge on any atom is 0.412 e. The summed E-state index contributed by atoms with van der Waals surface area (Å²) in [5, 5.41) is 14.1. The highest BCUT2D eigenvalue weighted by Crippen LogP contribution is 2.48. The van der Waals surface area contributed by atoms with Gasteiger partial charge in [0.1, 0.15) is 11.5 Å². The number of hydrogen-bond acceptors (Lipinski definition) is 9. The van der Waals surface area contributed by atoms with Crippen LogP contribution in [0.2, 0.25) is 5.02 Å². The van der Waals surface area contributed by atoms with Crippen LogP contribution in [0.5, 0.6) is 0 Å². The molecular formula is C20H15ClN4O6S. The van der Waals surface area contributed by atoms with Gasteiger partial charge in [-0.15, -0.1) is 0 Å². The van der Waals surface area contributed by atoms with Gasteiger partial charge in [0.2, 0.25) is 11.5 Å². The lowest BCUT2D eigenvalue weighted by molar-refractivity contribution is -0.140. The van der Waals surface area contributed by atoms with E-state index in [9.17, 15) is 14.7 Å². The second kappa shape index (κ2) is 7.61. The number of carbonyl (C=O) groups excluding carboxylic acids is 1. The molecule has 4 aromatic rings. The van der Waals surface area contributed by atoms with Gasteiger partial charge in [0.05, 0.1) is 5.69 Å². The van der Waals surface area contributed by atoms with Crippen molar-refractivity contribution in [2.24, 2.45) is 0 Å². The van der Waals surface area contributed by atoms with Gasteiger partial charge in [-0.3, -0.25) is 10.1 Å². The second-order valence-electron chi connectivity index (χ2n) is 7.31. The summed E-state index contributed by atoms with van der Waals surface area (Å²) in [6, 6.07) is 7.09. The van der Waals surface area contributed by atoms with E-state index in [-0.39, 0.29) is 28.9 Å². The molecule has 0 bridgehead atoms. The van der Waals surface area contributed by atoms with Gasteiger partial charge in [-0.1, -0.05) is 29.8 Å². The SMILES string of the molecule is CC(OC(=O)Nc1csnc1-c1nc2nc(C3(C(=O)O)CC3)oc2o1)c1ccccc1Cl. The van der Waals surface area contributed by atoms with Crippen molar-refractivity contribution in [1.29, 1.82) is 0 Å². The average Bonchev–Trinajstić information content (AvgIpc) is 3.05. The van der Waals surface area contributed by atoms with Crippen molar-refractivity contribution in [3.63, 3.8) is 0 Å². The Morgan fingerprint density at radius 3 is 2.75 bits per heavy atom. The number of nitrogens with zero attached hydrogens (tertiary/aromatic N) is 3. The first kappa shape index (κ1) is 20.5. The van der Waals surface area contributed by atoms with Gasteiger partial charge in [-0.2, -0.15) is 14.3 Å². The normalized spacial score (nSPS) is 15.4. The van der Waals surface area contributed by atoms with Gasteiger partial charge >= 0.3 is 17.8 Å². The number of halogens is 1. The topological polar surface area (TPSA) is 141 Å². The predicted molar refractivity (Wildman–Crippen MR) is 114 cm³/mol. The van der Waals surface area contributed by atoms with E-state index in [0.29, 0.717) is 29.1 Å². The molecule has 1 amide bonds. The number of amides is 1. The number of ether oxygens (including phenoxy) is 1. The number of rotatable bonds is 6. The lowest BCUT2D eigenvalue weighted by atomic mass is 10.1.